The highest BCUT2D eigenvalue weighted by atomic mass is 16.3. The van der Waals surface area contributed by atoms with E-state index in [-0.39, 0.29) is 12.5 Å². The van der Waals surface area contributed by atoms with Gasteiger partial charge in [0.2, 0.25) is 0 Å². The number of carbonyl (C=O) groups is 1. The summed E-state index contributed by atoms with van der Waals surface area (Å²) >= 11 is 0. The number of fused-ring (bicyclic) bond motifs is 1. The Morgan fingerprint density at radius 1 is 1.53 bits per heavy atom. The fourth-order valence-electron chi connectivity index (χ4n) is 2.01. The van der Waals surface area contributed by atoms with Crippen molar-refractivity contribution in [2.75, 3.05) is 25.4 Å². The lowest BCUT2D eigenvalue weighted by Gasteiger charge is -2.19. The van der Waals surface area contributed by atoms with Crippen LogP contribution in [0.2, 0.25) is 0 Å². The fraction of sp³-hybridized carbons (Fsp3) is 0.385. The van der Waals surface area contributed by atoms with Gasteiger partial charge >= 0.3 is 0 Å². The first-order valence-corrected chi connectivity index (χ1v) is 6.31. The number of aliphatic hydroxyl groups excluding tert-OH is 1. The van der Waals surface area contributed by atoms with Gasteiger partial charge in [-0.25, -0.2) is 0 Å². The number of H-pyrrole nitrogens is 1. The minimum absolute atomic E-state index is 0.0675. The second kappa shape index (κ2) is 5.71. The molecule has 0 atom stereocenters. The Hall–Kier alpha value is -2.08. The van der Waals surface area contributed by atoms with Crippen LogP contribution in [0.5, 0.6) is 0 Å². The van der Waals surface area contributed by atoms with Crippen LogP contribution in [0, 0.1) is 0 Å². The number of hydrogen-bond donors (Lipinski definition) is 3. The highest BCUT2D eigenvalue weighted by Crippen LogP contribution is 2.20. The monoisotopic (exact) mass is 262 g/mol. The summed E-state index contributed by atoms with van der Waals surface area (Å²) in [6, 6.07) is 5.31. The lowest BCUT2D eigenvalue weighted by Crippen LogP contribution is -2.32. The summed E-state index contributed by atoms with van der Waals surface area (Å²) in [6.07, 6.45) is 0.560. The predicted octanol–water partition coefficient (Wildman–Crippen LogP) is 0.990. The van der Waals surface area contributed by atoms with Crippen LogP contribution in [0.15, 0.2) is 18.2 Å². The standard InChI is InChI=1S/C13H18N4O2/c1-2-17(6-3-7-18)13(19)12-10-8-9(14)4-5-11(10)15-16-12/h4-5,8,18H,2-3,6-7,14H2,1H3,(H,15,16). The molecule has 2 rings (SSSR count). The molecule has 6 heteroatoms. The Kier molecular flexibility index (Phi) is 4.01. The minimum atomic E-state index is -0.146. The Labute approximate surface area is 111 Å². The molecule has 0 bridgehead atoms. The van der Waals surface area contributed by atoms with Gasteiger partial charge in [-0.05, 0) is 31.5 Å². The second-order valence-corrected chi connectivity index (χ2v) is 4.34. The molecule has 0 saturated carbocycles. The highest BCUT2D eigenvalue weighted by molar-refractivity contribution is 6.05. The van der Waals surface area contributed by atoms with E-state index in [1.807, 2.05) is 6.92 Å². The summed E-state index contributed by atoms with van der Waals surface area (Å²) < 4.78 is 0. The Bertz CT molecular complexity index is 579. The van der Waals surface area contributed by atoms with Gasteiger partial charge < -0.3 is 15.7 Å². The number of aromatic amines is 1. The molecular weight excluding hydrogens is 244 g/mol. The van der Waals surface area contributed by atoms with Crippen LogP contribution in [0.25, 0.3) is 10.9 Å². The smallest absolute Gasteiger partial charge is 0.274 e. The Morgan fingerprint density at radius 3 is 3.00 bits per heavy atom. The summed E-state index contributed by atoms with van der Waals surface area (Å²) in [6.45, 7) is 3.06. The van der Waals surface area contributed by atoms with Gasteiger partial charge in [0.15, 0.2) is 5.69 Å². The number of carbonyl (C=O) groups excluding carboxylic acids is 1. The topological polar surface area (TPSA) is 95.2 Å². The molecule has 0 aliphatic heterocycles. The van der Waals surface area contributed by atoms with E-state index in [4.69, 9.17) is 10.8 Å². The molecular formula is C13H18N4O2. The maximum absolute atomic E-state index is 12.4. The molecule has 4 N–H and O–H groups in total. The van der Waals surface area contributed by atoms with Crippen molar-refractivity contribution in [1.29, 1.82) is 0 Å². The first kappa shape index (κ1) is 13.4. The van der Waals surface area contributed by atoms with E-state index in [9.17, 15) is 4.79 Å². The average molecular weight is 262 g/mol. The third kappa shape index (κ3) is 2.68. The van der Waals surface area contributed by atoms with Crippen molar-refractivity contribution in [1.82, 2.24) is 15.1 Å². The van der Waals surface area contributed by atoms with Crippen LogP contribution in [-0.2, 0) is 0 Å². The highest BCUT2D eigenvalue weighted by Gasteiger charge is 2.19. The largest absolute Gasteiger partial charge is 0.399 e. The van der Waals surface area contributed by atoms with E-state index in [0.29, 0.717) is 30.9 Å². The summed E-state index contributed by atoms with van der Waals surface area (Å²) in [5.41, 5.74) is 7.50. The molecule has 0 fully saturated rings. The van der Waals surface area contributed by atoms with Gasteiger partial charge in [-0.2, -0.15) is 5.10 Å². The molecule has 0 aliphatic carbocycles. The van der Waals surface area contributed by atoms with Crippen molar-refractivity contribution < 1.29 is 9.90 Å². The molecule has 1 aromatic carbocycles. The molecule has 1 aromatic heterocycles. The number of anilines is 1. The van der Waals surface area contributed by atoms with Crippen molar-refractivity contribution in [2.24, 2.45) is 0 Å². The van der Waals surface area contributed by atoms with Crippen LogP contribution in [0.3, 0.4) is 0 Å². The molecule has 6 nitrogen and oxygen atoms in total. The molecule has 0 radical (unpaired) electrons. The summed E-state index contributed by atoms with van der Waals surface area (Å²) in [7, 11) is 0. The van der Waals surface area contributed by atoms with E-state index in [1.54, 1.807) is 23.1 Å². The summed E-state index contributed by atoms with van der Waals surface area (Å²) in [4.78, 5) is 14.1. The number of rotatable bonds is 5. The lowest BCUT2D eigenvalue weighted by atomic mass is 10.1. The van der Waals surface area contributed by atoms with Crippen molar-refractivity contribution in [2.45, 2.75) is 13.3 Å². The maximum atomic E-state index is 12.4. The van der Waals surface area contributed by atoms with E-state index < -0.39 is 0 Å². The lowest BCUT2D eigenvalue weighted by molar-refractivity contribution is 0.0750. The Morgan fingerprint density at radius 2 is 2.32 bits per heavy atom. The third-order valence-corrected chi connectivity index (χ3v) is 3.04. The molecule has 0 unspecified atom stereocenters. The van der Waals surface area contributed by atoms with Crippen LogP contribution in [0.1, 0.15) is 23.8 Å². The van der Waals surface area contributed by atoms with E-state index in [0.717, 1.165) is 10.9 Å². The molecule has 0 spiro atoms. The quantitative estimate of drug-likeness (QED) is 0.700. The van der Waals surface area contributed by atoms with Crippen molar-refractivity contribution in [3.8, 4) is 0 Å². The number of hydrogen-bond acceptors (Lipinski definition) is 4. The van der Waals surface area contributed by atoms with Gasteiger partial charge in [0.05, 0.1) is 5.52 Å². The van der Waals surface area contributed by atoms with Crippen LogP contribution in [-0.4, -0.2) is 45.8 Å². The van der Waals surface area contributed by atoms with Crippen molar-refractivity contribution >= 4 is 22.5 Å². The molecule has 0 aliphatic rings. The van der Waals surface area contributed by atoms with Gasteiger partial charge in [-0.15, -0.1) is 0 Å². The average Bonchev–Trinajstić information content (AvgIpc) is 2.82. The maximum Gasteiger partial charge on any atom is 0.274 e. The normalized spacial score (nSPS) is 10.8. The van der Waals surface area contributed by atoms with Gasteiger partial charge in [0.1, 0.15) is 0 Å². The summed E-state index contributed by atoms with van der Waals surface area (Å²) in [5, 5.41) is 16.5. The van der Waals surface area contributed by atoms with E-state index >= 15 is 0 Å². The number of amides is 1. The first-order valence-electron chi connectivity index (χ1n) is 6.31. The van der Waals surface area contributed by atoms with Crippen LogP contribution < -0.4 is 5.73 Å². The van der Waals surface area contributed by atoms with Gasteiger partial charge in [-0.3, -0.25) is 9.89 Å². The predicted molar refractivity (Wildman–Crippen MR) is 73.8 cm³/mol. The van der Waals surface area contributed by atoms with E-state index in [2.05, 4.69) is 10.2 Å². The molecule has 0 saturated heterocycles. The van der Waals surface area contributed by atoms with Crippen LogP contribution >= 0.6 is 0 Å². The molecule has 19 heavy (non-hydrogen) atoms. The Balaban J connectivity index is 2.32. The van der Waals surface area contributed by atoms with Crippen molar-refractivity contribution in [3.05, 3.63) is 23.9 Å². The number of nitrogens with two attached hydrogens (primary N) is 1. The number of nitrogen functional groups attached to an aromatic ring is 1. The van der Waals surface area contributed by atoms with Gasteiger partial charge in [-0.1, -0.05) is 0 Å². The van der Waals surface area contributed by atoms with Gasteiger partial charge in [0, 0.05) is 30.8 Å². The SMILES string of the molecule is CCN(CCCO)C(=O)c1n[nH]c2ccc(N)cc12. The zero-order valence-electron chi connectivity index (χ0n) is 10.9. The van der Waals surface area contributed by atoms with E-state index in [1.165, 1.54) is 0 Å². The van der Waals surface area contributed by atoms with Crippen LogP contribution in [0.4, 0.5) is 5.69 Å². The number of aliphatic hydroxyl groups is 1. The molecule has 2 aromatic rings. The molecule has 1 heterocycles. The second-order valence-electron chi connectivity index (χ2n) is 4.34. The van der Waals surface area contributed by atoms with Gasteiger partial charge in [0.25, 0.3) is 5.91 Å². The number of aromatic nitrogens is 2. The first-order chi connectivity index (χ1) is 9.17. The summed E-state index contributed by atoms with van der Waals surface area (Å²) in [5.74, 6) is -0.146. The third-order valence-electron chi connectivity index (χ3n) is 3.04. The fourth-order valence-corrected chi connectivity index (χ4v) is 2.01. The minimum Gasteiger partial charge on any atom is -0.399 e. The number of benzene rings is 1. The number of nitrogens with zero attached hydrogens (tertiary/aromatic N) is 2. The zero-order chi connectivity index (χ0) is 13.8. The van der Waals surface area contributed by atoms with Crippen molar-refractivity contribution in [3.63, 3.8) is 0 Å². The molecule has 102 valence electrons. The number of nitrogens with one attached hydrogen (secondary N) is 1. The zero-order valence-corrected chi connectivity index (χ0v) is 10.9. The molecule has 1 amide bonds.